The molecular weight excluding hydrogens is 302 g/mol. The van der Waals surface area contributed by atoms with Crippen LogP contribution in [0, 0.1) is 5.41 Å². The molecule has 24 heavy (non-hydrogen) atoms. The van der Waals surface area contributed by atoms with Crippen LogP contribution in [0.4, 0.5) is 0 Å². The smallest absolute Gasteiger partial charge is 0.221 e. The Bertz CT molecular complexity index is 739. The van der Waals surface area contributed by atoms with E-state index in [1.165, 1.54) is 6.08 Å². The van der Waals surface area contributed by atoms with Gasteiger partial charge in [0.15, 0.2) is 11.6 Å². The monoisotopic (exact) mass is 325 g/mol. The lowest BCUT2D eigenvalue weighted by Gasteiger charge is -2.29. The number of rotatable bonds is 5. The molecular formula is C20H23NO3. The fraction of sp³-hybridized carbons (Fsp3) is 0.350. The summed E-state index contributed by atoms with van der Waals surface area (Å²) in [6.07, 6.45) is 1.52. The van der Waals surface area contributed by atoms with Gasteiger partial charge in [0.25, 0.3) is 0 Å². The molecule has 4 nitrogen and oxygen atoms in total. The van der Waals surface area contributed by atoms with Crippen LogP contribution in [-0.2, 0) is 20.9 Å². The molecule has 1 aliphatic carbocycles. The van der Waals surface area contributed by atoms with E-state index in [0.29, 0.717) is 23.3 Å². The number of nitrogens with one attached hydrogen (secondary N) is 1. The number of allylic oxidation sites excluding steroid dienone is 4. The molecule has 0 aromatic heterocycles. The summed E-state index contributed by atoms with van der Waals surface area (Å²) in [7, 11) is 0. The fourth-order valence-electron chi connectivity index (χ4n) is 3.12. The quantitative estimate of drug-likeness (QED) is 0.846. The number of Topliss-reactive ketones (excluding diaryl/α,β-unsaturated/α-hetero) is 1. The van der Waals surface area contributed by atoms with Crippen LogP contribution in [0.3, 0.4) is 0 Å². The van der Waals surface area contributed by atoms with E-state index < -0.39 is 5.41 Å². The van der Waals surface area contributed by atoms with E-state index in [1.54, 1.807) is 13.8 Å². The zero-order valence-corrected chi connectivity index (χ0v) is 14.6. The van der Waals surface area contributed by atoms with Crippen molar-refractivity contribution in [2.24, 2.45) is 5.41 Å². The molecule has 0 saturated carbocycles. The molecule has 0 heterocycles. The van der Waals surface area contributed by atoms with Gasteiger partial charge in [-0.2, -0.15) is 0 Å². The highest BCUT2D eigenvalue weighted by Crippen LogP contribution is 2.36. The molecule has 2 rings (SSSR count). The molecule has 126 valence electrons. The Hall–Kier alpha value is -2.49. The number of amides is 1. The zero-order chi connectivity index (χ0) is 17.9. The standard InChI is InChI=1S/C20H23NO3/c1-13-10-16(22)18(14(2)19(13)24)20(3,4)11-17(23)21-12-15-8-6-5-7-9-15/h5-10H,11-12H2,1-4H3,(H,21,23). The first-order chi connectivity index (χ1) is 11.2. The molecule has 1 amide bonds. The second-order valence-corrected chi connectivity index (χ2v) is 6.84. The lowest BCUT2D eigenvalue weighted by atomic mass is 9.73. The van der Waals surface area contributed by atoms with Gasteiger partial charge in [0, 0.05) is 35.1 Å². The van der Waals surface area contributed by atoms with E-state index in [0.717, 1.165) is 5.56 Å². The van der Waals surface area contributed by atoms with Crippen LogP contribution in [0.2, 0.25) is 0 Å². The molecule has 1 aromatic rings. The van der Waals surface area contributed by atoms with E-state index in [4.69, 9.17) is 0 Å². The van der Waals surface area contributed by atoms with Gasteiger partial charge in [0.1, 0.15) is 0 Å². The van der Waals surface area contributed by atoms with E-state index in [1.807, 2.05) is 44.2 Å². The van der Waals surface area contributed by atoms with Crippen molar-refractivity contribution in [3.8, 4) is 0 Å². The second-order valence-electron chi connectivity index (χ2n) is 6.84. The molecule has 0 fully saturated rings. The average molecular weight is 325 g/mol. The number of hydrogen-bond donors (Lipinski definition) is 1. The summed E-state index contributed by atoms with van der Waals surface area (Å²) in [6, 6.07) is 9.63. The predicted octanol–water partition coefficient (Wildman–Crippen LogP) is 3.13. The Morgan fingerprint density at radius 2 is 1.71 bits per heavy atom. The number of ketones is 2. The molecule has 0 saturated heterocycles. The number of carbonyl (C=O) groups excluding carboxylic acids is 3. The van der Waals surface area contributed by atoms with Gasteiger partial charge in [-0.3, -0.25) is 14.4 Å². The first kappa shape index (κ1) is 17.9. The third-order valence-corrected chi connectivity index (χ3v) is 4.28. The molecule has 0 atom stereocenters. The summed E-state index contributed by atoms with van der Waals surface area (Å²) >= 11 is 0. The molecule has 4 heteroatoms. The van der Waals surface area contributed by atoms with E-state index in [2.05, 4.69) is 5.32 Å². The summed E-state index contributed by atoms with van der Waals surface area (Å²) in [5.41, 5.74) is 1.65. The first-order valence-electron chi connectivity index (χ1n) is 8.01. The van der Waals surface area contributed by atoms with Crippen LogP contribution in [0.1, 0.15) is 39.7 Å². The van der Waals surface area contributed by atoms with Crippen molar-refractivity contribution in [1.82, 2.24) is 5.32 Å². The summed E-state index contributed by atoms with van der Waals surface area (Å²) in [5, 5.41) is 2.87. The number of benzene rings is 1. The van der Waals surface area contributed by atoms with Crippen molar-refractivity contribution < 1.29 is 14.4 Å². The maximum atomic E-state index is 12.3. The Labute approximate surface area is 142 Å². The van der Waals surface area contributed by atoms with Crippen molar-refractivity contribution >= 4 is 17.5 Å². The largest absolute Gasteiger partial charge is 0.352 e. The molecule has 1 aromatic carbocycles. The van der Waals surface area contributed by atoms with Gasteiger partial charge in [-0.15, -0.1) is 0 Å². The summed E-state index contributed by atoms with van der Waals surface area (Å²) in [5.74, 6) is -0.441. The van der Waals surface area contributed by atoms with Gasteiger partial charge in [0.2, 0.25) is 5.91 Å². The Kier molecular flexibility index (Phi) is 5.17. The molecule has 0 aliphatic heterocycles. The van der Waals surface area contributed by atoms with Gasteiger partial charge >= 0.3 is 0 Å². The molecule has 0 bridgehead atoms. The van der Waals surface area contributed by atoms with Gasteiger partial charge in [0.05, 0.1) is 0 Å². The van der Waals surface area contributed by atoms with Crippen molar-refractivity contribution in [3.63, 3.8) is 0 Å². The topological polar surface area (TPSA) is 63.2 Å². The maximum absolute atomic E-state index is 12.3. The Morgan fingerprint density at radius 1 is 1.08 bits per heavy atom. The highest BCUT2D eigenvalue weighted by atomic mass is 16.2. The third kappa shape index (κ3) is 3.88. The van der Waals surface area contributed by atoms with Gasteiger partial charge in [-0.1, -0.05) is 44.2 Å². The second kappa shape index (κ2) is 6.95. The van der Waals surface area contributed by atoms with Gasteiger partial charge in [-0.05, 0) is 25.5 Å². The highest BCUT2D eigenvalue weighted by Gasteiger charge is 2.35. The van der Waals surface area contributed by atoms with Crippen LogP contribution >= 0.6 is 0 Å². The van der Waals surface area contributed by atoms with Crippen LogP contribution in [0.5, 0.6) is 0 Å². The minimum absolute atomic E-state index is 0.123. The minimum atomic E-state index is -0.700. The van der Waals surface area contributed by atoms with Crippen molar-refractivity contribution in [3.05, 3.63) is 58.7 Å². The highest BCUT2D eigenvalue weighted by molar-refractivity contribution is 6.22. The number of hydrogen-bond acceptors (Lipinski definition) is 3. The van der Waals surface area contributed by atoms with Crippen LogP contribution in [-0.4, -0.2) is 17.5 Å². The van der Waals surface area contributed by atoms with Gasteiger partial charge < -0.3 is 5.32 Å². The zero-order valence-electron chi connectivity index (χ0n) is 14.6. The van der Waals surface area contributed by atoms with Crippen LogP contribution in [0.15, 0.2) is 53.1 Å². The lowest BCUT2D eigenvalue weighted by Crippen LogP contribution is -2.33. The van der Waals surface area contributed by atoms with E-state index in [-0.39, 0.29) is 23.9 Å². The van der Waals surface area contributed by atoms with Crippen molar-refractivity contribution in [2.75, 3.05) is 0 Å². The molecule has 1 aliphatic rings. The van der Waals surface area contributed by atoms with Crippen LogP contribution < -0.4 is 5.32 Å². The van der Waals surface area contributed by atoms with E-state index >= 15 is 0 Å². The average Bonchev–Trinajstić information content (AvgIpc) is 2.51. The molecule has 0 unspecified atom stereocenters. The molecule has 0 radical (unpaired) electrons. The van der Waals surface area contributed by atoms with Crippen molar-refractivity contribution in [2.45, 2.75) is 40.7 Å². The Morgan fingerprint density at radius 3 is 2.33 bits per heavy atom. The van der Waals surface area contributed by atoms with Crippen molar-refractivity contribution in [1.29, 1.82) is 0 Å². The number of carbonyl (C=O) groups is 3. The Balaban J connectivity index is 2.09. The van der Waals surface area contributed by atoms with Crippen LogP contribution in [0.25, 0.3) is 0 Å². The fourth-order valence-corrected chi connectivity index (χ4v) is 3.12. The SMILES string of the molecule is CC1=CC(=O)C(C(C)(C)CC(=O)NCc2ccccc2)=C(C)C1=O. The first-order valence-corrected chi connectivity index (χ1v) is 8.01. The summed E-state index contributed by atoms with van der Waals surface area (Å²) in [6.45, 7) is 7.40. The summed E-state index contributed by atoms with van der Waals surface area (Å²) in [4.78, 5) is 36.8. The molecule has 1 N–H and O–H groups in total. The normalized spacial score (nSPS) is 15.4. The minimum Gasteiger partial charge on any atom is -0.352 e. The lowest BCUT2D eigenvalue weighted by molar-refractivity contribution is -0.123. The van der Waals surface area contributed by atoms with Gasteiger partial charge in [-0.25, -0.2) is 0 Å². The summed E-state index contributed by atoms with van der Waals surface area (Å²) < 4.78 is 0. The molecule has 0 spiro atoms. The van der Waals surface area contributed by atoms with E-state index in [9.17, 15) is 14.4 Å². The third-order valence-electron chi connectivity index (χ3n) is 4.28. The predicted molar refractivity (Wildman–Crippen MR) is 93.2 cm³/mol. The maximum Gasteiger partial charge on any atom is 0.221 e.